The minimum Gasteiger partial charge on any atom is -0.383 e. The van der Waals surface area contributed by atoms with Crippen molar-refractivity contribution in [3.8, 4) is 0 Å². The van der Waals surface area contributed by atoms with Crippen molar-refractivity contribution in [3.05, 3.63) is 89.5 Å². The van der Waals surface area contributed by atoms with Crippen LogP contribution in [0.4, 0.5) is 0 Å². The Labute approximate surface area is 154 Å². The average Bonchev–Trinajstić information content (AvgIpc) is 2.66. The van der Waals surface area contributed by atoms with Crippen molar-refractivity contribution in [1.82, 2.24) is 0 Å². The van der Waals surface area contributed by atoms with Gasteiger partial charge in [-0.25, -0.2) is 9.98 Å². The number of rotatable bonds is 5. The number of benzene rings is 2. The number of aliphatic imine (C=N–C) groups is 2. The van der Waals surface area contributed by atoms with Crippen LogP contribution in [0.2, 0.25) is 0 Å². The summed E-state index contributed by atoms with van der Waals surface area (Å²) in [6.45, 7) is 3.94. The molecule has 2 rings (SSSR count). The van der Waals surface area contributed by atoms with Crippen LogP contribution in [-0.2, 0) is 0 Å². The zero-order valence-corrected chi connectivity index (χ0v) is 15.2. The molecule has 0 aliphatic carbocycles. The van der Waals surface area contributed by atoms with Gasteiger partial charge in [-0.3, -0.25) is 0 Å². The molecular weight excluding hydrogens is 330 g/mol. The molecule has 128 valence electrons. The molecule has 0 fully saturated rings. The molecule has 4 heteroatoms. The monoisotopic (exact) mass is 351 g/mol. The Bertz CT molecular complexity index is 804. The molecular formula is C21H22ClN3. The Morgan fingerprint density at radius 1 is 1.00 bits per heavy atom. The SMILES string of the molecule is C\C=C(/C=C(C)/C(N)=N/C(=N\CCl)c1ccccc1)c1ccccc1. The van der Waals surface area contributed by atoms with Gasteiger partial charge in [-0.1, -0.05) is 66.7 Å². The van der Waals surface area contributed by atoms with E-state index in [0.717, 1.165) is 22.3 Å². The quantitative estimate of drug-likeness (QED) is 0.265. The molecule has 2 aromatic carbocycles. The summed E-state index contributed by atoms with van der Waals surface area (Å²) >= 11 is 5.77. The van der Waals surface area contributed by atoms with Crippen molar-refractivity contribution in [1.29, 1.82) is 0 Å². The summed E-state index contributed by atoms with van der Waals surface area (Å²) < 4.78 is 0. The van der Waals surface area contributed by atoms with Gasteiger partial charge in [0, 0.05) is 5.56 Å². The first-order chi connectivity index (χ1) is 12.2. The van der Waals surface area contributed by atoms with Crippen molar-refractivity contribution in [2.45, 2.75) is 13.8 Å². The van der Waals surface area contributed by atoms with Crippen LogP contribution < -0.4 is 5.73 Å². The summed E-state index contributed by atoms with van der Waals surface area (Å²) in [6, 6.07) is 20.0. The molecule has 0 aliphatic rings. The molecule has 0 saturated heterocycles. The van der Waals surface area contributed by atoms with Crippen LogP contribution in [-0.4, -0.2) is 17.7 Å². The largest absolute Gasteiger partial charge is 0.383 e. The van der Waals surface area contributed by atoms with Crippen LogP contribution in [0.3, 0.4) is 0 Å². The summed E-state index contributed by atoms with van der Waals surface area (Å²) in [5.74, 6) is 0.950. The van der Waals surface area contributed by atoms with E-state index in [9.17, 15) is 0 Å². The molecule has 0 aromatic heterocycles. The minimum atomic E-state index is 0.133. The summed E-state index contributed by atoms with van der Waals surface area (Å²) in [6.07, 6.45) is 4.08. The molecule has 0 heterocycles. The van der Waals surface area contributed by atoms with Crippen LogP contribution in [0.25, 0.3) is 5.57 Å². The van der Waals surface area contributed by atoms with Gasteiger partial charge in [-0.2, -0.15) is 0 Å². The third-order valence-corrected chi connectivity index (χ3v) is 3.78. The number of hydrogen-bond donors (Lipinski definition) is 1. The minimum absolute atomic E-state index is 0.133. The van der Waals surface area contributed by atoms with Gasteiger partial charge in [0.15, 0.2) is 5.84 Å². The lowest BCUT2D eigenvalue weighted by atomic mass is 10.0. The Morgan fingerprint density at radius 2 is 1.56 bits per heavy atom. The van der Waals surface area contributed by atoms with E-state index < -0.39 is 0 Å². The Balaban J connectivity index is 2.32. The van der Waals surface area contributed by atoms with Crippen molar-refractivity contribution >= 4 is 28.8 Å². The lowest BCUT2D eigenvalue weighted by Gasteiger charge is -2.07. The van der Waals surface area contributed by atoms with Crippen molar-refractivity contribution in [2.75, 3.05) is 6.00 Å². The van der Waals surface area contributed by atoms with Gasteiger partial charge >= 0.3 is 0 Å². The van der Waals surface area contributed by atoms with E-state index in [4.69, 9.17) is 17.3 Å². The summed E-state index contributed by atoms with van der Waals surface area (Å²) in [4.78, 5) is 8.73. The predicted molar refractivity (Wildman–Crippen MR) is 109 cm³/mol. The fraction of sp³-hybridized carbons (Fsp3) is 0.143. The fourth-order valence-corrected chi connectivity index (χ4v) is 2.42. The lowest BCUT2D eigenvalue weighted by Crippen LogP contribution is -2.16. The van der Waals surface area contributed by atoms with E-state index in [2.05, 4.69) is 28.2 Å². The highest BCUT2D eigenvalue weighted by Crippen LogP contribution is 2.17. The van der Waals surface area contributed by atoms with Gasteiger partial charge in [0.1, 0.15) is 11.8 Å². The number of halogens is 1. The van der Waals surface area contributed by atoms with E-state index in [1.165, 1.54) is 0 Å². The molecule has 0 bridgehead atoms. The number of nitrogens with two attached hydrogens (primary N) is 1. The van der Waals surface area contributed by atoms with E-state index in [0.29, 0.717) is 11.7 Å². The van der Waals surface area contributed by atoms with Crippen LogP contribution in [0, 0.1) is 0 Å². The van der Waals surface area contributed by atoms with Crippen LogP contribution in [0.1, 0.15) is 25.0 Å². The van der Waals surface area contributed by atoms with Gasteiger partial charge in [0.25, 0.3) is 0 Å². The Hall–Kier alpha value is -2.65. The Kier molecular flexibility index (Phi) is 7.17. The highest BCUT2D eigenvalue weighted by Gasteiger charge is 2.05. The first kappa shape index (κ1) is 18.7. The zero-order chi connectivity index (χ0) is 18.1. The van der Waals surface area contributed by atoms with E-state index in [1.807, 2.05) is 68.5 Å². The Morgan fingerprint density at radius 3 is 2.08 bits per heavy atom. The van der Waals surface area contributed by atoms with Gasteiger partial charge in [-0.05, 0) is 36.6 Å². The standard InChI is InChI=1S/C21H22ClN3/c1-3-17(18-10-6-4-7-11-18)14-16(2)20(23)25-21(24-15-22)19-12-8-5-9-13-19/h3-14H,15H2,1-2H3,(H2,23,24,25)/b16-14+,17-3+. The third kappa shape index (κ3) is 5.44. The van der Waals surface area contributed by atoms with E-state index in [-0.39, 0.29) is 6.00 Å². The normalized spacial score (nSPS) is 13.9. The smallest absolute Gasteiger partial charge is 0.158 e. The second kappa shape index (κ2) is 9.60. The molecule has 0 radical (unpaired) electrons. The highest BCUT2D eigenvalue weighted by molar-refractivity contribution is 6.19. The maximum Gasteiger partial charge on any atom is 0.158 e. The molecule has 2 aromatic rings. The summed E-state index contributed by atoms with van der Waals surface area (Å²) in [5.41, 5.74) is 10.2. The van der Waals surface area contributed by atoms with E-state index in [1.54, 1.807) is 0 Å². The maximum atomic E-state index is 6.20. The number of hydrogen-bond acceptors (Lipinski definition) is 1. The van der Waals surface area contributed by atoms with Crippen molar-refractivity contribution in [2.24, 2.45) is 15.7 Å². The zero-order valence-electron chi connectivity index (χ0n) is 14.5. The van der Waals surface area contributed by atoms with Gasteiger partial charge < -0.3 is 5.73 Å². The van der Waals surface area contributed by atoms with E-state index >= 15 is 0 Å². The summed E-state index contributed by atoms with van der Waals surface area (Å²) in [7, 11) is 0. The molecule has 0 saturated carbocycles. The number of allylic oxidation sites excluding steroid dienone is 3. The first-order valence-corrected chi connectivity index (χ1v) is 8.59. The second-order valence-corrected chi connectivity index (χ2v) is 5.64. The topological polar surface area (TPSA) is 50.7 Å². The predicted octanol–water partition coefficient (Wildman–Crippen LogP) is 5.04. The molecule has 0 unspecified atom stereocenters. The number of alkyl halides is 1. The summed E-state index contributed by atoms with van der Waals surface area (Å²) in [5, 5.41) is 0. The number of amidine groups is 2. The van der Waals surface area contributed by atoms with Gasteiger partial charge in [0.05, 0.1) is 0 Å². The van der Waals surface area contributed by atoms with Crippen molar-refractivity contribution < 1.29 is 0 Å². The second-order valence-electron chi connectivity index (χ2n) is 5.40. The van der Waals surface area contributed by atoms with Crippen LogP contribution in [0.5, 0.6) is 0 Å². The molecule has 25 heavy (non-hydrogen) atoms. The molecule has 0 spiro atoms. The molecule has 3 nitrogen and oxygen atoms in total. The molecule has 2 N–H and O–H groups in total. The van der Waals surface area contributed by atoms with Gasteiger partial charge in [-0.15, -0.1) is 11.6 Å². The van der Waals surface area contributed by atoms with Crippen LogP contribution in [0.15, 0.2) is 88.4 Å². The number of nitrogens with zero attached hydrogens (tertiary/aromatic N) is 2. The molecule has 0 atom stereocenters. The molecule has 0 aliphatic heterocycles. The van der Waals surface area contributed by atoms with Crippen molar-refractivity contribution in [3.63, 3.8) is 0 Å². The highest BCUT2D eigenvalue weighted by atomic mass is 35.5. The lowest BCUT2D eigenvalue weighted by molar-refractivity contribution is 1.32. The van der Waals surface area contributed by atoms with Gasteiger partial charge in [0.2, 0.25) is 0 Å². The average molecular weight is 352 g/mol. The fourth-order valence-electron chi connectivity index (χ4n) is 2.31. The third-order valence-electron chi connectivity index (χ3n) is 3.66. The molecule has 0 amide bonds. The van der Waals surface area contributed by atoms with Crippen LogP contribution >= 0.6 is 11.6 Å². The maximum absolute atomic E-state index is 6.20. The first-order valence-electron chi connectivity index (χ1n) is 8.06.